The van der Waals surface area contributed by atoms with E-state index in [1.165, 1.54) is 0 Å². The number of rotatable bonds is 5. The van der Waals surface area contributed by atoms with E-state index >= 15 is 0 Å². The van der Waals surface area contributed by atoms with Gasteiger partial charge in [-0.2, -0.15) is 9.97 Å². The van der Waals surface area contributed by atoms with Crippen LogP contribution in [-0.4, -0.2) is 59.3 Å². The molecule has 9 heteroatoms. The van der Waals surface area contributed by atoms with Gasteiger partial charge in [0.1, 0.15) is 0 Å². The Hall–Kier alpha value is -2.16. The second-order valence-corrected chi connectivity index (χ2v) is 6.74. The molecule has 1 aliphatic heterocycles. The quantitative estimate of drug-likeness (QED) is 0.744. The van der Waals surface area contributed by atoms with Crippen molar-refractivity contribution >= 4 is 27.7 Å². The van der Waals surface area contributed by atoms with Crippen LogP contribution in [0.2, 0.25) is 0 Å². The molecule has 0 aliphatic carbocycles. The Morgan fingerprint density at radius 3 is 2.44 bits per heavy atom. The van der Waals surface area contributed by atoms with E-state index in [1.807, 2.05) is 13.8 Å². The Labute approximate surface area is 155 Å². The van der Waals surface area contributed by atoms with Crippen LogP contribution in [-0.2, 0) is 0 Å². The van der Waals surface area contributed by atoms with Crippen molar-refractivity contribution in [3.63, 3.8) is 0 Å². The van der Waals surface area contributed by atoms with Crippen molar-refractivity contribution in [3.05, 3.63) is 23.1 Å². The predicted octanol–water partition coefficient (Wildman–Crippen LogP) is 2.15. The molecule has 134 valence electrons. The minimum absolute atomic E-state index is 0.0749. The van der Waals surface area contributed by atoms with Crippen LogP contribution in [0.5, 0.6) is 11.8 Å². The topological polar surface area (TPSA) is 76.5 Å². The summed E-state index contributed by atoms with van der Waals surface area (Å²) in [6.45, 7) is 7.14. The van der Waals surface area contributed by atoms with E-state index in [0.29, 0.717) is 17.7 Å². The molecular formula is C16H21BrN6O2. The summed E-state index contributed by atoms with van der Waals surface area (Å²) in [5, 5.41) is 0. The van der Waals surface area contributed by atoms with Gasteiger partial charge in [0.15, 0.2) is 5.82 Å². The monoisotopic (exact) mass is 408 g/mol. The van der Waals surface area contributed by atoms with Gasteiger partial charge in [0, 0.05) is 26.2 Å². The van der Waals surface area contributed by atoms with E-state index in [2.05, 4.69) is 45.7 Å². The lowest BCUT2D eigenvalue weighted by atomic mass is 10.3. The standard InChI is InChI=1S/C16H21BrN6O2/c1-11(2)25-14-10-18-9-13(20-14)22-4-6-23(7-5-22)16-19-8-12(17)15(21-16)24-3/h8-11H,4-7H2,1-3H3. The molecule has 3 heterocycles. The summed E-state index contributed by atoms with van der Waals surface area (Å²) < 4.78 is 11.6. The molecule has 1 aliphatic rings. The van der Waals surface area contributed by atoms with Crippen LogP contribution in [0.25, 0.3) is 0 Å². The third-order valence-electron chi connectivity index (χ3n) is 3.74. The van der Waals surface area contributed by atoms with E-state index in [4.69, 9.17) is 9.47 Å². The second kappa shape index (κ2) is 7.81. The first-order valence-electron chi connectivity index (χ1n) is 8.12. The van der Waals surface area contributed by atoms with Crippen molar-refractivity contribution in [3.8, 4) is 11.8 Å². The number of hydrogen-bond acceptors (Lipinski definition) is 8. The van der Waals surface area contributed by atoms with Crippen molar-refractivity contribution in [2.75, 3.05) is 43.1 Å². The SMILES string of the molecule is COc1nc(N2CCN(c3cncc(OC(C)C)n3)CC2)ncc1Br. The highest BCUT2D eigenvalue weighted by Gasteiger charge is 2.21. The number of piperazine rings is 1. The van der Waals surface area contributed by atoms with Gasteiger partial charge in [-0.05, 0) is 29.8 Å². The molecule has 8 nitrogen and oxygen atoms in total. The zero-order valence-corrected chi connectivity index (χ0v) is 16.1. The average Bonchev–Trinajstić information content (AvgIpc) is 2.62. The molecule has 0 atom stereocenters. The summed E-state index contributed by atoms with van der Waals surface area (Å²) in [5.41, 5.74) is 0. The molecule has 3 rings (SSSR count). The van der Waals surface area contributed by atoms with E-state index in [1.54, 1.807) is 25.7 Å². The Kier molecular flexibility index (Phi) is 5.52. The zero-order chi connectivity index (χ0) is 17.8. The lowest BCUT2D eigenvalue weighted by Crippen LogP contribution is -2.47. The Bertz CT molecular complexity index is 722. The third kappa shape index (κ3) is 4.28. The molecule has 0 bridgehead atoms. The van der Waals surface area contributed by atoms with Crippen molar-refractivity contribution in [1.82, 2.24) is 19.9 Å². The van der Waals surface area contributed by atoms with Gasteiger partial charge in [-0.3, -0.25) is 4.98 Å². The molecule has 0 N–H and O–H groups in total. The molecule has 1 fully saturated rings. The Morgan fingerprint density at radius 1 is 1.04 bits per heavy atom. The van der Waals surface area contributed by atoms with Crippen LogP contribution < -0.4 is 19.3 Å². The fourth-order valence-electron chi connectivity index (χ4n) is 2.56. The lowest BCUT2D eigenvalue weighted by molar-refractivity contribution is 0.231. The first kappa shape index (κ1) is 17.7. The summed E-state index contributed by atoms with van der Waals surface area (Å²) in [6.07, 6.45) is 5.20. The molecule has 0 saturated carbocycles. The van der Waals surface area contributed by atoms with Gasteiger partial charge in [0.05, 0.1) is 36.3 Å². The zero-order valence-electron chi connectivity index (χ0n) is 14.5. The van der Waals surface area contributed by atoms with Gasteiger partial charge in [-0.25, -0.2) is 4.98 Å². The Morgan fingerprint density at radius 2 is 1.76 bits per heavy atom. The predicted molar refractivity (Wildman–Crippen MR) is 98.5 cm³/mol. The molecule has 2 aromatic heterocycles. The fraction of sp³-hybridized carbons (Fsp3) is 0.500. The van der Waals surface area contributed by atoms with Gasteiger partial charge in [-0.15, -0.1) is 0 Å². The maximum atomic E-state index is 5.62. The van der Waals surface area contributed by atoms with Gasteiger partial charge in [0.25, 0.3) is 0 Å². The number of nitrogens with zero attached hydrogens (tertiary/aromatic N) is 6. The lowest BCUT2D eigenvalue weighted by Gasteiger charge is -2.35. The third-order valence-corrected chi connectivity index (χ3v) is 4.28. The van der Waals surface area contributed by atoms with Crippen LogP contribution >= 0.6 is 15.9 Å². The summed E-state index contributed by atoms with van der Waals surface area (Å²) in [5.74, 6) is 2.59. The molecule has 0 unspecified atom stereocenters. The number of aromatic nitrogens is 4. The molecule has 0 spiro atoms. The molecular weight excluding hydrogens is 388 g/mol. The number of anilines is 2. The van der Waals surface area contributed by atoms with Crippen LogP contribution in [0.15, 0.2) is 23.1 Å². The minimum atomic E-state index is 0.0749. The van der Waals surface area contributed by atoms with Crippen molar-refractivity contribution in [2.24, 2.45) is 0 Å². The van der Waals surface area contributed by atoms with Gasteiger partial charge >= 0.3 is 0 Å². The van der Waals surface area contributed by atoms with Gasteiger partial charge in [0.2, 0.25) is 17.7 Å². The first-order chi connectivity index (χ1) is 12.1. The maximum absolute atomic E-state index is 5.62. The summed E-state index contributed by atoms with van der Waals surface area (Å²) in [4.78, 5) is 21.9. The van der Waals surface area contributed by atoms with Crippen LogP contribution in [0.4, 0.5) is 11.8 Å². The number of halogens is 1. The molecule has 0 amide bonds. The average molecular weight is 409 g/mol. The van der Waals surface area contributed by atoms with E-state index < -0.39 is 0 Å². The van der Waals surface area contributed by atoms with Gasteiger partial charge < -0.3 is 19.3 Å². The number of methoxy groups -OCH3 is 1. The fourth-order valence-corrected chi connectivity index (χ4v) is 2.92. The molecule has 25 heavy (non-hydrogen) atoms. The molecule has 0 aromatic carbocycles. The maximum Gasteiger partial charge on any atom is 0.234 e. The summed E-state index contributed by atoms with van der Waals surface area (Å²) >= 11 is 3.37. The van der Waals surface area contributed by atoms with E-state index in [0.717, 1.165) is 36.5 Å². The van der Waals surface area contributed by atoms with Crippen molar-refractivity contribution < 1.29 is 9.47 Å². The highest BCUT2D eigenvalue weighted by Crippen LogP contribution is 2.24. The normalized spacial score (nSPS) is 14.8. The molecule has 2 aromatic rings. The molecule has 0 radical (unpaired) electrons. The molecule has 1 saturated heterocycles. The largest absolute Gasteiger partial charge is 0.480 e. The number of hydrogen-bond donors (Lipinski definition) is 0. The Balaban J connectivity index is 1.66. The van der Waals surface area contributed by atoms with Crippen LogP contribution in [0.1, 0.15) is 13.8 Å². The second-order valence-electron chi connectivity index (χ2n) is 5.88. The van der Waals surface area contributed by atoms with E-state index in [9.17, 15) is 0 Å². The number of ether oxygens (including phenoxy) is 2. The van der Waals surface area contributed by atoms with Crippen LogP contribution in [0, 0.1) is 0 Å². The highest BCUT2D eigenvalue weighted by molar-refractivity contribution is 9.10. The summed E-state index contributed by atoms with van der Waals surface area (Å²) in [6, 6.07) is 0. The highest BCUT2D eigenvalue weighted by atomic mass is 79.9. The first-order valence-corrected chi connectivity index (χ1v) is 8.91. The van der Waals surface area contributed by atoms with Crippen molar-refractivity contribution in [1.29, 1.82) is 0 Å². The van der Waals surface area contributed by atoms with Gasteiger partial charge in [-0.1, -0.05) is 0 Å². The van der Waals surface area contributed by atoms with Crippen molar-refractivity contribution in [2.45, 2.75) is 20.0 Å². The van der Waals surface area contributed by atoms with Crippen LogP contribution in [0.3, 0.4) is 0 Å². The minimum Gasteiger partial charge on any atom is -0.480 e. The summed E-state index contributed by atoms with van der Waals surface area (Å²) in [7, 11) is 1.60. The smallest absolute Gasteiger partial charge is 0.234 e. The van der Waals surface area contributed by atoms with E-state index in [-0.39, 0.29) is 6.10 Å².